The van der Waals surface area contributed by atoms with E-state index in [0.717, 1.165) is 107 Å². The predicted octanol–water partition coefficient (Wildman–Crippen LogP) is 15.3. The first kappa shape index (κ1) is 82.2. The van der Waals surface area contributed by atoms with Gasteiger partial charge in [0.05, 0.1) is 94.0 Å². The van der Waals surface area contributed by atoms with Crippen LogP contribution < -0.4 is 5.73 Å². The number of carboxylic acid groups (broad SMARTS) is 1. The Balaban J connectivity index is 0.000000223. The molecule has 7 N–H and O–H groups in total. The Morgan fingerprint density at radius 3 is 1.34 bits per heavy atom. The van der Waals surface area contributed by atoms with Crippen LogP contribution in [0, 0.1) is 13.8 Å². The van der Waals surface area contributed by atoms with Crippen molar-refractivity contribution in [3.8, 4) is 0 Å². The van der Waals surface area contributed by atoms with Gasteiger partial charge in [0.15, 0.2) is 0 Å². The lowest BCUT2D eigenvalue weighted by Gasteiger charge is -2.26. The number of nitrogens with two attached hydrogens (primary N) is 1. The third-order valence-electron chi connectivity index (χ3n) is 20.8. The molecule has 0 fully saturated rings. The van der Waals surface area contributed by atoms with Crippen molar-refractivity contribution >= 4 is 127 Å². The molecule has 0 saturated carbocycles. The van der Waals surface area contributed by atoms with Gasteiger partial charge in [0.2, 0.25) is 0 Å². The summed E-state index contributed by atoms with van der Waals surface area (Å²) in [6.45, 7) is 42.7. The molecule has 0 aliphatic carbocycles. The molecule has 8 aliphatic heterocycles. The molecule has 0 saturated heterocycles. The predicted molar refractivity (Wildman–Crippen MR) is 418 cm³/mol. The smallest absolute Gasteiger partial charge is 0.349 e. The van der Waals surface area contributed by atoms with Crippen LogP contribution in [0.25, 0.3) is 66.7 Å². The summed E-state index contributed by atoms with van der Waals surface area (Å²) < 4.78 is 20.0. The second kappa shape index (κ2) is 34.0. The van der Waals surface area contributed by atoms with E-state index in [2.05, 4.69) is 79.5 Å². The van der Waals surface area contributed by atoms with Crippen LogP contribution in [0.4, 0.5) is 0 Å². The highest BCUT2D eigenvalue weighted by Gasteiger charge is 2.43. The van der Waals surface area contributed by atoms with E-state index in [4.69, 9.17) is 44.6 Å². The van der Waals surface area contributed by atoms with E-state index in [1.807, 2.05) is 84.0 Å². The van der Waals surface area contributed by atoms with Gasteiger partial charge >= 0.3 is 35.8 Å². The molecule has 2 amide bonds. The number of aromatic nitrogens is 8. The highest BCUT2D eigenvalue weighted by Crippen LogP contribution is 2.47. The minimum absolute atomic E-state index is 0. The first-order valence-electron chi connectivity index (χ1n) is 36.1. The van der Waals surface area contributed by atoms with Crippen LogP contribution in [0.3, 0.4) is 0 Å². The van der Waals surface area contributed by atoms with E-state index in [1.165, 1.54) is 33.9 Å². The number of aromatic amines is 4. The molecule has 16 bridgehead atoms. The average molecular weight is 1480 g/mol. The molecule has 24 nitrogen and oxygen atoms in total. The summed E-state index contributed by atoms with van der Waals surface area (Å²) >= 11 is 0. The number of amides is 2. The largest absolute Gasteiger partial charge is 0.480 e. The van der Waals surface area contributed by atoms with E-state index in [1.54, 1.807) is 33.8 Å². The number of hydrogen-bond donors (Lipinski definition) is 6. The summed E-state index contributed by atoms with van der Waals surface area (Å²) in [6, 6.07) is 11.7. The molecule has 0 spiro atoms. The van der Waals surface area contributed by atoms with Gasteiger partial charge in [0.1, 0.15) is 17.7 Å². The number of fused-ring (bicyclic) bond motifs is 16. The minimum atomic E-state index is -1.31. The monoisotopic (exact) mass is 1480 g/mol. The number of halogens is 1. The molecule has 12 heterocycles. The Morgan fingerprint density at radius 2 is 0.963 bits per heavy atom. The fourth-order valence-electron chi connectivity index (χ4n) is 14.7. The van der Waals surface area contributed by atoms with E-state index in [-0.39, 0.29) is 84.1 Å². The molecule has 4 atom stereocenters. The SMILES string of the molecule is C=CC1=C(C)c2cc3[nH]c(c4c5[nH]c(cc6nc(cc1n2)C(C)=C6CC)c(C)c5C(=O)N(CC(=O)O)C4=O)C(CCC(=O)OC)C3C.C=CC1=C(C)c2cc3[nH]c(c4c5[nH]c(cc6nc(cc1n2)C(C)=C6CC)c(C)c5C(=O)OC4=O)C(CCC(=O)OC)C3C.CC(C)(C)OC(=O)CN.CCN(CC)CC.Cl. The third kappa shape index (κ3) is 16.6. The van der Waals surface area contributed by atoms with Crippen molar-refractivity contribution in [2.75, 3.05) is 46.9 Å². The Morgan fingerprint density at radius 1 is 0.570 bits per heavy atom. The highest BCUT2D eigenvalue weighted by molar-refractivity contribution is 6.24. The van der Waals surface area contributed by atoms with Gasteiger partial charge in [-0.1, -0.05) is 73.8 Å². The number of esters is 5. The van der Waals surface area contributed by atoms with Crippen LogP contribution in [-0.2, 0) is 38.1 Å². The number of nitrogens with one attached hydrogen (secondary N) is 4. The number of imide groups is 1. The second-order valence-corrected chi connectivity index (χ2v) is 28.1. The number of nitrogens with zero attached hydrogens (tertiary/aromatic N) is 6. The number of carbonyl (C=O) groups is 8. The van der Waals surface area contributed by atoms with Gasteiger partial charge < -0.3 is 54.6 Å². The number of carbonyl (C=O) groups excluding carboxylic acids is 7. The van der Waals surface area contributed by atoms with Gasteiger partial charge in [0.25, 0.3) is 11.8 Å². The van der Waals surface area contributed by atoms with Crippen molar-refractivity contribution in [3.63, 3.8) is 0 Å². The van der Waals surface area contributed by atoms with E-state index < -0.39 is 47.8 Å². The Bertz CT molecular complexity index is 4920. The Labute approximate surface area is 630 Å². The van der Waals surface area contributed by atoms with E-state index >= 15 is 0 Å². The van der Waals surface area contributed by atoms with Crippen molar-refractivity contribution in [2.24, 2.45) is 5.73 Å². The minimum Gasteiger partial charge on any atom is -0.480 e. The van der Waals surface area contributed by atoms with Gasteiger partial charge in [-0.3, -0.25) is 33.7 Å². The Hall–Kier alpha value is -10.4. The zero-order valence-corrected chi connectivity index (χ0v) is 65.5. The number of cyclic esters (lactones) is 2. The lowest BCUT2D eigenvalue weighted by Crippen LogP contribution is -2.43. The molecule has 107 heavy (non-hydrogen) atoms. The zero-order valence-electron chi connectivity index (χ0n) is 64.6. The topological polar surface area (TPSA) is 341 Å². The van der Waals surface area contributed by atoms with Crippen LogP contribution >= 0.6 is 12.4 Å². The summed E-state index contributed by atoms with van der Waals surface area (Å²) in [5.41, 5.74) is 25.5. The molecule has 8 aliphatic rings. The lowest BCUT2D eigenvalue weighted by atomic mass is 9.84. The fraction of sp³-hybridized carbons (Fsp3) is 0.415. The maximum absolute atomic E-state index is 14.2. The molecule has 25 heteroatoms. The standard InChI is InChI=1S/C36H37N5O6.C34H34N4O5.C6H13NO2.C6H15N.ClH/c1-8-20-16(3)23-12-25-18(5)22(10-11-30(44)47-7)33(39-25)32-34-31(35(45)41(36(32)46)15-29(42)43)19(6)26(40-34)14-28-21(9-2)17(4)24(38-28)13-27(20)37-23;1-8-19-15(3)22-12-24-17(5)21(10-11-28(39)42-7)31(37-24)30-32-29(33(40)43-34(30)41)18(6)25(38-32)14-27-20(9-2)16(4)23(36-27)13-26(19)35-22;1-6(2,3)9-5(8)4-7;1-4-7(5-2)6-3;/h8,12-14,18,22,39-40H,1,9-11,15H2,2-7H3,(H,42,43);8,12-14,17,21,37-38H,1,9-11H2,2-7H3;4,7H2,1-3H3;4-6H2,1-3H3;1H. The second-order valence-electron chi connectivity index (χ2n) is 28.1. The quantitative estimate of drug-likeness (QED) is 0.0263. The van der Waals surface area contributed by atoms with Gasteiger partial charge in [0, 0.05) is 81.5 Å². The number of H-pyrrole nitrogens is 4. The number of rotatable bonds is 16. The summed E-state index contributed by atoms with van der Waals surface area (Å²) in [5.74, 6) is -6.19. The summed E-state index contributed by atoms with van der Waals surface area (Å²) in [4.78, 5) is 138. The molecule has 12 rings (SSSR count). The molecule has 4 aromatic rings. The maximum atomic E-state index is 14.2. The number of ether oxygens (including phenoxy) is 4. The third-order valence-corrected chi connectivity index (χ3v) is 20.8. The number of methoxy groups -OCH3 is 2. The summed E-state index contributed by atoms with van der Waals surface area (Å²) in [6.07, 6.45) is 6.10. The number of hydrogen-bond acceptors (Lipinski definition) is 18. The molecule has 4 unspecified atom stereocenters. The summed E-state index contributed by atoms with van der Waals surface area (Å²) in [5, 5.41) is 9.70. The molecule has 4 aromatic heterocycles. The molecular weight excluding hydrogens is 1380 g/mol. The van der Waals surface area contributed by atoms with Gasteiger partial charge in [-0.2, -0.15) is 0 Å². The van der Waals surface area contributed by atoms with E-state index in [9.17, 15) is 43.5 Å². The zero-order chi connectivity index (χ0) is 77.8. The van der Waals surface area contributed by atoms with Gasteiger partial charge in [-0.25, -0.2) is 29.5 Å². The normalized spacial score (nSPS) is 17.0. The Kier molecular flexibility index (Phi) is 26.1. The molecule has 0 radical (unpaired) electrons. The first-order valence-corrected chi connectivity index (χ1v) is 36.1. The van der Waals surface area contributed by atoms with Crippen LogP contribution in [0.2, 0.25) is 0 Å². The van der Waals surface area contributed by atoms with Gasteiger partial charge in [-0.05, 0) is 189 Å². The molecule has 568 valence electrons. The highest BCUT2D eigenvalue weighted by atomic mass is 35.5. The number of aliphatic carboxylic acids is 1. The van der Waals surface area contributed by atoms with Crippen LogP contribution in [0.15, 0.2) is 61.7 Å². The fourth-order valence-corrected chi connectivity index (χ4v) is 14.7. The summed E-state index contributed by atoms with van der Waals surface area (Å²) in [7, 11) is 2.69. The van der Waals surface area contributed by atoms with Gasteiger partial charge in [-0.15, -0.1) is 12.4 Å². The maximum Gasteiger partial charge on any atom is 0.349 e. The lowest BCUT2D eigenvalue weighted by molar-refractivity contribution is -0.153. The van der Waals surface area contributed by atoms with Crippen molar-refractivity contribution in [1.82, 2.24) is 49.7 Å². The van der Waals surface area contributed by atoms with Crippen molar-refractivity contribution in [1.29, 1.82) is 0 Å². The van der Waals surface area contributed by atoms with Crippen molar-refractivity contribution in [3.05, 3.63) is 163 Å². The van der Waals surface area contributed by atoms with Crippen LogP contribution in [0.5, 0.6) is 0 Å². The number of aryl methyl sites for hydroxylation is 2. The van der Waals surface area contributed by atoms with Crippen molar-refractivity contribution in [2.45, 2.75) is 179 Å². The number of allylic oxidation sites excluding steroid dienone is 10. The van der Waals surface area contributed by atoms with Crippen molar-refractivity contribution < 1.29 is 62.4 Å². The number of carboxylic acids is 1. The van der Waals surface area contributed by atoms with E-state index in [0.29, 0.717) is 75.1 Å². The van der Waals surface area contributed by atoms with Crippen LogP contribution in [-0.4, -0.2) is 155 Å². The molecule has 0 aromatic carbocycles. The first-order chi connectivity index (χ1) is 50.3. The molecular formula is C82H100ClN11O13. The van der Waals surface area contributed by atoms with Crippen LogP contribution in [0.1, 0.15) is 280 Å². The average Bonchev–Trinajstić information content (AvgIpc) is 1.60.